The highest BCUT2D eigenvalue weighted by molar-refractivity contribution is 7.17. The van der Waals surface area contributed by atoms with E-state index in [1.807, 2.05) is 12.1 Å². The van der Waals surface area contributed by atoms with Gasteiger partial charge in [0.1, 0.15) is 10.8 Å². The molecule has 1 unspecified atom stereocenters. The zero-order valence-corrected chi connectivity index (χ0v) is 20.0. The highest BCUT2D eigenvalue weighted by Gasteiger charge is 2.28. The fourth-order valence-electron chi connectivity index (χ4n) is 3.82. The van der Waals surface area contributed by atoms with Crippen LogP contribution in [0.15, 0.2) is 24.3 Å². The van der Waals surface area contributed by atoms with Gasteiger partial charge in [-0.05, 0) is 60.3 Å². The van der Waals surface area contributed by atoms with Crippen LogP contribution in [0.4, 0.5) is 5.00 Å². The summed E-state index contributed by atoms with van der Waals surface area (Å²) < 4.78 is 10.8. The number of ether oxygens (including phenoxy) is 2. The normalized spacial score (nSPS) is 15.8. The van der Waals surface area contributed by atoms with Crippen molar-refractivity contribution >= 4 is 28.2 Å². The number of esters is 1. The Morgan fingerprint density at radius 1 is 1.19 bits per heavy atom. The summed E-state index contributed by atoms with van der Waals surface area (Å²) in [6, 6.07) is 8.10. The van der Waals surface area contributed by atoms with E-state index in [0.717, 1.165) is 30.6 Å². The Labute approximate surface area is 189 Å². The second-order valence-corrected chi connectivity index (χ2v) is 10.4. The quantitative estimate of drug-likeness (QED) is 0.437. The molecule has 0 bridgehead atoms. The van der Waals surface area contributed by atoms with Crippen molar-refractivity contribution in [2.75, 3.05) is 19.0 Å². The van der Waals surface area contributed by atoms with Gasteiger partial charge in [0, 0.05) is 11.3 Å². The maximum absolute atomic E-state index is 12.5. The number of amides is 1. The van der Waals surface area contributed by atoms with Gasteiger partial charge in [-0.2, -0.15) is 0 Å². The molecule has 1 aromatic carbocycles. The minimum atomic E-state index is -0.371. The molecule has 5 nitrogen and oxygen atoms in total. The van der Waals surface area contributed by atoms with Gasteiger partial charge in [-0.3, -0.25) is 4.79 Å². The number of hydrogen-bond acceptors (Lipinski definition) is 5. The van der Waals surface area contributed by atoms with E-state index >= 15 is 0 Å². The van der Waals surface area contributed by atoms with E-state index in [1.165, 1.54) is 28.9 Å². The molecule has 168 valence electrons. The summed E-state index contributed by atoms with van der Waals surface area (Å²) in [4.78, 5) is 26.0. The predicted octanol–water partition coefficient (Wildman–Crippen LogP) is 5.75. The lowest BCUT2D eigenvalue weighted by molar-refractivity contribution is -0.116. The van der Waals surface area contributed by atoms with Crippen molar-refractivity contribution in [1.29, 1.82) is 0 Å². The van der Waals surface area contributed by atoms with Gasteiger partial charge in [-0.15, -0.1) is 11.3 Å². The molecular weight excluding hydrogens is 410 g/mol. The molecule has 1 heterocycles. The minimum Gasteiger partial charge on any atom is -0.494 e. The van der Waals surface area contributed by atoms with Crippen molar-refractivity contribution < 1.29 is 19.1 Å². The maximum atomic E-state index is 12.5. The van der Waals surface area contributed by atoms with Crippen molar-refractivity contribution in [3.05, 3.63) is 45.8 Å². The average molecular weight is 444 g/mol. The first-order valence-corrected chi connectivity index (χ1v) is 11.8. The largest absolute Gasteiger partial charge is 0.494 e. The summed E-state index contributed by atoms with van der Waals surface area (Å²) in [7, 11) is 1.38. The van der Waals surface area contributed by atoms with Crippen LogP contribution in [0.1, 0.15) is 73.3 Å². The van der Waals surface area contributed by atoms with Gasteiger partial charge in [0.25, 0.3) is 0 Å². The van der Waals surface area contributed by atoms with E-state index in [2.05, 4.69) is 45.1 Å². The molecular formula is C25H33NO4S. The van der Waals surface area contributed by atoms with E-state index in [4.69, 9.17) is 9.47 Å². The molecule has 1 N–H and O–H groups in total. The van der Waals surface area contributed by atoms with Gasteiger partial charge < -0.3 is 14.8 Å². The van der Waals surface area contributed by atoms with Crippen LogP contribution in [0.25, 0.3) is 0 Å². The Hall–Kier alpha value is -2.34. The Morgan fingerprint density at radius 3 is 2.55 bits per heavy atom. The summed E-state index contributed by atoms with van der Waals surface area (Å²) in [5.74, 6) is 0.920. The summed E-state index contributed by atoms with van der Waals surface area (Å²) in [5.41, 5.74) is 2.96. The van der Waals surface area contributed by atoms with Crippen LogP contribution in [-0.4, -0.2) is 25.6 Å². The number of hydrogen-bond donors (Lipinski definition) is 1. The molecule has 1 amide bonds. The Bertz CT molecular complexity index is 924. The Balaban J connectivity index is 1.53. The van der Waals surface area contributed by atoms with Crippen molar-refractivity contribution in [1.82, 2.24) is 0 Å². The highest BCUT2D eigenvalue weighted by atomic mass is 32.1. The van der Waals surface area contributed by atoms with Crippen LogP contribution in [0.3, 0.4) is 0 Å². The SMILES string of the molecule is COC(=O)c1c(NC(=O)CCCOc2ccc(C(C)(C)C)cc2)sc2c1CCC(C)C2. The maximum Gasteiger partial charge on any atom is 0.341 e. The van der Waals surface area contributed by atoms with Crippen molar-refractivity contribution in [2.45, 2.75) is 65.2 Å². The lowest BCUT2D eigenvalue weighted by atomic mass is 9.87. The van der Waals surface area contributed by atoms with Crippen LogP contribution in [0.2, 0.25) is 0 Å². The van der Waals surface area contributed by atoms with Gasteiger partial charge in [0.05, 0.1) is 19.3 Å². The molecule has 0 fully saturated rings. The molecule has 31 heavy (non-hydrogen) atoms. The first kappa shape index (κ1) is 23.3. The monoisotopic (exact) mass is 443 g/mol. The lowest BCUT2D eigenvalue weighted by Crippen LogP contribution is -2.16. The van der Waals surface area contributed by atoms with Crippen LogP contribution in [0, 0.1) is 5.92 Å². The van der Waals surface area contributed by atoms with Crippen molar-refractivity contribution in [3.8, 4) is 5.75 Å². The van der Waals surface area contributed by atoms with Gasteiger partial charge in [0.15, 0.2) is 0 Å². The number of anilines is 1. The molecule has 0 aliphatic heterocycles. The smallest absolute Gasteiger partial charge is 0.341 e. The molecule has 3 rings (SSSR count). The fraction of sp³-hybridized carbons (Fsp3) is 0.520. The third-order valence-electron chi connectivity index (χ3n) is 5.69. The highest BCUT2D eigenvalue weighted by Crippen LogP contribution is 2.40. The molecule has 0 saturated heterocycles. The third-order valence-corrected chi connectivity index (χ3v) is 6.86. The topological polar surface area (TPSA) is 64.6 Å². The van der Waals surface area contributed by atoms with Gasteiger partial charge in [-0.25, -0.2) is 4.79 Å². The number of methoxy groups -OCH3 is 1. The van der Waals surface area contributed by atoms with Crippen LogP contribution in [-0.2, 0) is 27.8 Å². The van der Waals surface area contributed by atoms with E-state index in [1.54, 1.807) is 0 Å². The predicted molar refractivity (Wildman–Crippen MR) is 125 cm³/mol. The first-order valence-electron chi connectivity index (χ1n) is 10.9. The Morgan fingerprint density at radius 2 is 1.90 bits per heavy atom. The molecule has 2 aromatic rings. The number of rotatable bonds is 7. The number of fused-ring (bicyclic) bond motifs is 1. The van der Waals surface area contributed by atoms with E-state index in [9.17, 15) is 9.59 Å². The molecule has 6 heteroatoms. The molecule has 0 radical (unpaired) electrons. The summed E-state index contributed by atoms with van der Waals surface area (Å²) in [6.45, 7) is 9.22. The number of carbonyl (C=O) groups excluding carboxylic acids is 2. The van der Waals surface area contributed by atoms with Gasteiger partial charge in [0.2, 0.25) is 5.91 Å². The van der Waals surface area contributed by atoms with E-state index in [0.29, 0.717) is 35.9 Å². The Kier molecular flexibility index (Phi) is 7.42. The standard InChI is InChI=1S/C25H33NO4S/c1-16-8-13-19-20(15-16)31-23(22(19)24(28)29-5)26-21(27)7-6-14-30-18-11-9-17(10-12-18)25(2,3)4/h9-12,16H,6-8,13-15H2,1-5H3,(H,26,27). The second kappa shape index (κ2) is 9.86. The lowest BCUT2D eigenvalue weighted by Gasteiger charge is -2.19. The molecule has 0 saturated carbocycles. The van der Waals surface area contributed by atoms with Gasteiger partial charge >= 0.3 is 5.97 Å². The van der Waals surface area contributed by atoms with Gasteiger partial charge in [-0.1, -0.05) is 39.8 Å². The minimum absolute atomic E-state index is 0.108. The van der Waals surface area contributed by atoms with Crippen molar-refractivity contribution in [2.24, 2.45) is 5.92 Å². The number of benzene rings is 1. The van der Waals surface area contributed by atoms with Crippen LogP contribution in [0.5, 0.6) is 5.75 Å². The summed E-state index contributed by atoms with van der Waals surface area (Å²) >= 11 is 1.51. The first-order chi connectivity index (χ1) is 14.7. The summed E-state index contributed by atoms with van der Waals surface area (Å²) in [6.07, 6.45) is 3.79. The molecule has 0 spiro atoms. The van der Waals surface area contributed by atoms with E-state index in [-0.39, 0.29) is 17.3 Å². The second-order valence-electron chi connectivity index (χ2n) is 9.32. The van der Waals surface area contributed by atoms with E-state index < -0.39 is 0 Å². The van der Waals surface area contributed by atoms with Crippen LogP contribution < -0.4 is 10.1 Å². The zero-order chi connectivity index (χ0) is 22.6. The number of nitrogens with one attached hydrogen (secondary N) is 1. The number of carbonyl (C=O) groups is 2. The zero-order valence-electron chi connectivity index (χ0n) is 19.2. The number of thiophene rings is 1. The molecule has 1 aromatic heterocycles. The molecule has 1 aliphatic carbocycles. The fourth-order valence-corrected chi connectivity index (χ4v) is 5.23. The molecule has 1 aliphatic rings. The van der Waals surface area contributed by atoms with Crippen molar-refractivity contribution in [3.63, 3.8) is 0 Å². The van der Waals surface area contributed by atoms with Crippen LogP contribution >= 0.6 is 11.3 Å². The third kappa shape index (κ3) is 5.88. The average Bonchev–Trinajstić information content (AvgIpc) is 3.07. The summed E-state index contributed by atoms with van der Waals surface area (Å²) in [5, 5.41) is 3.56. The molecule has 1 atom stereocenters.